The molecule has 0 atom stereocenters. The van der Waals surface area contributed by atoms with E-state index in [4.69, 9.17) is 0 Å². The summed E-state index contributed by atoms with van der Waals surface area (Å²) in [6.07, 6.45) is 4.73. The van der Waals surface area contributed by atoms with Crippen molar-refractivity contribution in [3.05, 3.63) is 77.7 Å². The van der Waals surface area contributed by atoms with Crippen LogP contribution in [0.25, 0.3) is 22.5 Å². The van der Waals surface area contributed by atoms with Gasteiger partial charge in [0, 0.05) is 22.7 Å². The first-order valence-corrected chi connectivity index (χ1v) is 10.7. The van der Waals surface area contributed by atoms with Gasteiger partial charge < -0.3 is 0 Å². The van der Waals surface area contributed by atoms with Crippen molar-refractivity contribution in [2.75, 3.05) is 11.6 Å². The molecule has 1 N–H and O–H groups in total. The molecule has 0 spiro atoms. The number of hydrogen-bond donors (Lipinski definition) is 1. The SMILES string of the molecule is CSc1ncccc1C(=O)Nc1nc(-c2cccc(-c3ccc(F)cn3)c2)cs1. The Morgan fingerprint density at radius 2 is 1.90 bits per heavy atom. The number of nitrogens with one attached hydrogen (secondary N) is 1. The maximum atomic E-state index is 13.1. The molecule has 8 heteroatoms. The van der Waals surface area contributed by atoms with Crippen LogP contribution >= 0.6 is 23.1 Å². The first kappa shape index (κ1) is 19.2. The molecule has 0 saturated heterocycles. The molecule has 29 heavy (non-hydrogen) atoms. The summed E-state index contributed by atoms with van der Waals surface area (Å²) in [5.74, 6) is -0.615. The van der Waals surface area contributed by atoms with Crippen LogP contribution in [-0.2, 0) is 0 Å². The summed E-state index contributed by atoms with van der Waals surface area (Å²) in [5, 5.41) is 5.89. The first-order chi connectivity index (χ1) is 14.1. The van der Waals surface area contributed by atoms with Gasteiger partial charge in [0.15, 0.2) is 5.13 Å². The van der Waals surface area contributed by atoms with E-state index in [0.29, 0.717) is 21.4 Å². The molecule has 1 amide bonds. The van der Waals surface area contributed by atoms with Gasteiger partial charge in [-0.2, -0.15) is 0 Å². The zero-order valence-electron chi connectivity index (χ0n) is 15.3. The van der Waals surface area contributed by atoms with E-state index in [1.54, 1.807) is 24.4 Å². The van der Waals surface area contributed by atoms with Gasteiger partial charge in [-0.05, 0) is 36.6 Å². The molecule has 0 saturated carbocycles. The third-order valence-electron chi connectivity index (χ3n) is 4.12. The molecular formula is C21H15FN4OS2. The van der Waals surface area contributed by atoms with E-state index in [9.17, 15) is 9.18 Å². The maximum Gasteiger partial charge on any atom is 0.260 e. The minimum absolute atomic E-state index is 0.243. The quantitative estimate of drug-likeness (QED) is 0.437. The number of carbonyl (C=O) groups is 1. The van der Waals surface area contributed by atoms with Gasteiger partial charge in [0.2, 0.25) is 0 Å². The predicted octanol–water partition coefficient (Wildman–Crippen LogP) is 5.38. The molecule has 0 unspecified atom stereocenters. The Hall–Kier alpha value is -3.10. The fourth-order valence-electron chi connectivity index (χ4n) is 2.74. The Morgan fingerprint density at radius 1 is 1.07 bits per heavy atom. The summed E-state index contributed by atoms with van der Waals surface area (Å²) in [5.41, 5.74) is 3.68. The van der Waals surface area contributed by atoms with Crippen LogP contribution in [0.3, 0.4) is 0 Å². The number of nitrogens with zero attached hydrogens (tertiary/aromatic N) is 3. The third kappa shape index (κ3) is 4.33. The summed E-state index contributed by atoms with van der Waals surface area (Å²) in [7, 11) is 0. The van der Waals surface area contributed by atoms with Gasteiger partial charge >= 0.3 is 0 Å². The Labute approximate surface area is 175 Å². The molecule has 0 aliphatic carbocycles. The van der Waals surface area contributed by atoms with E-state index in [2.05, 4.69) is 20.3 Å². The van der Waals surface area contributed by atoms with Crippen molar-refractivity contribution in [1.82, 2.24) is 15.0 Å². The van der Waals surface area contributed by atoms with Crippen molar-refractivity contribution < 1.29 is 9.18 Å². The number of thiazole rings is 1. The largest absolute Gasteiger partial charge is 0.298 e. The smallest absolute Gasteiger partial charge is 0.260 e. The number of pyridine rings is 2. The van der Waals surface area contributed by atoms with Gasteiger partial charge in [0.05, 0.1) is 23.1 Å². The highest BCUT2D eigenvalue weighted by molar-refractivity contribution is 7.98. The highest BCUT2D eigenvalue weighted by Crippen LogP contribution is 2.29. The number of halogens is 1. The van der Waals surface area contributed by atoms with Crippen LogP contribution < -0.4 is 5.32 Å². The lowest BCUT2D eigenvalue weighted by Crippen LogP contribution is -2.13. The van der Waals surface area contributed by atoms with E-state index in [-0.39, 0.29) is 11.7 Å². The molecule has 0 aliphatic rings. The minimum Gasteiger partial charge on any atom is -0.298 e. The number of benzene rings is 1. The normalized spacial score (nSPS) is 10.7. The standard InChI is InChI=1S/C21H15FN4OS2/c1-28-20-16(6-3-9-23-20)19(27)26-21-25-18(12-29-21)14-5-2-4-13(10-14)17-8-7-15(22)11-24-17/h2-12H,1H3,(H,25,26,27). The van der Waals surface area contributed by atoms with Gasteiger partial charge in [-0.1, -0.05) is 18.2 Å². The summed E-state index contributed by atoms with van der Waals surface area (Å²) >= 11 is 2.77. The van der Waals surface area contributed by atoms with Crippen LogP contribution in [0, 0.1) is 5.82 Å². The molecule has 3 heterocycles. The van der Waals surface area contributed by atoms with Crippen LogP contribution in [-0.4, -0.2) is 27.1 Å². The molecule has 144 valence electrons. The van der Waals surface area contributed by atoms with Gasteiger partial charge in [-0.3, -0.25) is 15.1 Å². The van der Waals surface area contributed by atoms with Gasteiger partial charge in [-0.25, -0.2) is 14.4 Å². The summed E-state index contributed by atoms with van der Waals surface area (Å²) in [4.78, 5) is 25.4. The fraction of sp³-hybridized carbons (Fsp3) is 0.0476. The zero-order chi connectivity index (χ0) is 20.2. The zero-order valence-corrected chi connectivity index (χ0v) is 16.9. The Kier molecular flexibility index (Phi) is 5.64. The van der Waals surface area contributed by atoms with Crippen molar-refractivity contribution >= 4 is 34.1 Å². The topological polar surface area (TPSA) is 67.8 Å². The number of rotatable bonds is 5. The van der Waals surface area contributed by atoms with Gasteiger partial charge in [-0.15, -0.1) is 23.1 Å². The molecule has 4 aromatic rings. The number of aromatic nitrogens is 3. The number of amides is 1. The van der Waals surface area contributed by atoms with Crippen molar-refractivity contribution in [3.63, 3.8) is 0 Å². The lowest BCUT2D eigenvalue weighted by molar-refractivity contribution is 0.102. The number of anilines is 1. The van der Waals surface area contributed by atoms with E-state index in [1.165, 1.54) is 35.4 Å². The Balaban J connectivity index is 1.56. The molecule has 0 bridgehead atoms. The Morgan fingerprint density at radius 3 is 2.66 bits per heavy atom. The third-order valence-corrected chi connectivity index (χ3v) is 5.59. The number of carbonyl (C=O) groups excluding carboxylic acids is 1. The monoisotopic (exact) mass is 422 g/mol. The lowest BCUT2D eigenvalue weighted by atomic mass is 10.1. The average Bonchev–Trinajstić information content (AvgIpc) is 3.23. The Bertz CT molecular complexity index is 1160. The molecule has 4 rings (SSSR count). The second-order valence-electron chi connectivity index (χ2n) is 5.99. The van der Waals surface area contributed by atoms with E-state index in [0.717, 1.165) is 16.8 Å². The van der Waals surface area contributed by atoms with Crippen molar-refractivity contribution in [2.45, 2.75) is 5.03 Å². The van der Waals surface area contributed by atoms with Crippen LogP contribution in [0.2, 0.25) is 0 Å². The molecule has 0 aliphatic heterocycles. The van der Waals surface area contributed by atoms with Crippen LogP contribution in [0.5, 0.6) is 0 Å². The first-order valence-electron chi connectivity index (χ1n) is 8.62. The summed E-state index contributed by atoms with van der Waals surface area (Å²) in [6.45, 7) is 0. The predicted molar refractivity (Wildman–Crippen MR) is 115 cm³/mol. The molecular weight excluding hydrogens is 407 g/mol. The highest BCUT2D eigenvalue weighted by atomic mass is 32.2. The van der Waals surface area contributed by atoms with Crippen molar-refractivity contribution in [2.24, 2.45) is 0 Å². The van der Waals surface area contributed by atoms with Gasteiger partial charge in [0.1, 0.15) is 10.8 Å². The number of hydrogen-bond acceptors (Lipinski definition) is 6. The molecule has 0 fully saturated rings. The molecule has 1 aromatic carbocycles. The van der Waals surface area contributed by atoms with Gasteiger partial charge in [0.25, 0.3) is 5.91 Å². The van der Waals surface area contributed by atoms with Crippen LogP contribution in [0.1, 0.15) is 10.4 Å². The van der Waals surface area contributed by atoms with E-state index >= 15 is 0 Å². The molecule has 5 nitrogen and oxygen atoms in total. The second-order valence-corrected chi connectivity index (χ2v) is 7.65. The lowest BCUT2D eigenvalue weighted by Gasteiger charge is -2.05. The summed E-state index contributed by atoms with van der Waals surface area (Å²) in [6, 6.07) is 14.2. The molecule has 0 radical (unpaired) electrons. The van der Waals surface area contributed by atoms with Crippen LogP contribution in [0.4, 0.5) is 9.52 Å². The maximum absolute atomic E-state index is 13.1. The van der Waals surface area contributed by atoms with Crippen LogP contribution in [0.15, 0.2) is 71.3 Å². The highest BCUT2D eigenvalue weighted by Gasteiger charge is 2.14. The van der Waals surface area contributed by atoms with E-state index in [1.807, 2.05) is 35.9 Å². The summed E-state index contributed by atoms with van der Waals surface area (Å²) < 4.78 is 13.1. The minimum atomic E-state index is -0.372. The van der Waals surface area contributed by atoms with E-state index < -0.39 is 0 Å². The second kappa shape index (κ2) is 8.50. The van der Waals surface area contributed by atoms with Crippen molar-refractivity contribution in [3.8, 4) is 22.5 Å². The number of thioether (sulfide) groups is 1. The molecule has 3 aromatic heterocycles. The fourth-order valence-corrected chi connectivity index (χ4v) is 4.00. The average molecular weight is 423 g/mol. The van der Waals surface area contributed by atoms with Crippen molar-refractivity contribution in [1.29, 1.82) is 0 Å².